The second-order valence-corrected chi connectivity index (χ2v) is 6.40. The van der Waals surface area contributed by atoms with Gasteiger partial charge >= 0.3 is 0 Å². The molecule has 2 saturated heterocycles. The Kier molecular flexibility index (Phi) is 6.30. The molecule has 4 heteroatoms. The number of carbonyl (C=O) groups is 1. The molecule has 0 radical (unpaired) electrons. The van der Waals surface area contributed by atoms with E-state index in [1.807, 2.05) is 0 Å². The van der Waals surface area contributed by atoms with Crippen LogP contribution in [0.2, 0.25) is 0 Å². The van der Waals surface area contributed by atoms with Gasteiger partial charge in [-0.2, -0.15) is 0 Å². The number of hydrogen-bond donors (Lipinski definition) is 2. The average molecular weight is 281 g/mol. The number of amides is 1. The lowest BCUT2D eigenvalue weighted by molar-refractivity contribution is -0.123. The van der Waals surface area contributed by atoms with Crippen LogP contribution in [0.5, 0.6) is 0 Å². The molecule has 1 unspecified atom stereocenters. The summed E-state index contributed by atoms with van der Waals surface area (Å²) in [6.07, 6.45) is 7.23. The molecule has 2 fully saturated rings. The summed E-state index contributed by atoms with van der Waals surface area (Å²) in [6, 6.07) is 1.10. The topological polar surface area (TPSA) is 44.4 Å². The van der Waals surface area contributed by atoms with E-state index in [1.54, 1.807) is 0 Å². The molecule has 116 valence electrons. The molecule has 0 spiro atoms. The molecule has 1 atom stereocenters. The van der Waals surface area contributed by atoms with E-state index in [0.29, 0.717) is 12.6 Å². The average Bonchev–Trinajstić information content (AvgIpc) is 2.99. The Balaban J connectivity index is 1.67. The lowest BCUT2D eigenvalue weighted by atomic mass is 9.88. The number of piperidine rings is 1. The largest absolute Gasteiger partial charge is 0.352 e. The van der Waals surface area contributed by atoms with Gasteiger partial charge in [-0.25, -0.2) is 0 Å². The normalized spacial score (nSPS) is 25.2. The molecule has 2 rings (SSSR count). The molecule has 0 aromatic rings. The third kappa shape index (κ3) is 4.45. The summed E-state index contributed by atoms with van der Waals surface area (Å²) >= 11 is 0. The Morgan fingerprint density at radius 2 is 1.95 bits per heavy atom. The van der Waals surface area contributed by atoms with E-state index < -0.39 is 0 Å². The fourth-order valence-electron chi connectivity index (χ4n) is 3.60. The Labute approximate surface area is 123 Å². The first-order valence-electron chi connectivity index (χ1n) is 8.48. The number of rotatable bonds is 6. The fraction of sp³-hybridized carbons (Fsp3) is 0.938. The summed E-state index contributed by atoms with van der Waals surface area (Å²) in [5.74, 6) is 1.03. The van der Waals surface area contributed by atoms with Gasteiger partial charge in [-0.15, -0.1) is 0 Å². The van der Waals surface area contributed by atoms with Crippen molar-refractivity contribution in [2.45, 2.75) is 64.5 Å². The molecule has 2 heterocycles. The molecule has 0 saturated carbocycles. The summed E-state index contributed by atoms with van der Waals surface area (Å²) in [6.45, 7) is 8.21. The zero-order valence-electron chi connectivity index (χ0n) is 13.2. The summed E-state index contributed by atoms with van der Waals surface area (Å²) in [5.41, 5.74) is 0. The lowest BCUT2D eigenvalue weighted by Crippen LogP contribution is -2.46. The number of nitrogens with one attached hydrogen (secondary N) is 2. The molecule has 0 bridgehead atoms. The molecule has 2 aliphatic heterocycles. The van der Waals surface area contributed by atoms with Crippen LogP contribution in [0.3, 0.4) is 0 Å². The van der Waals surface area contributed by atoms with Crippen molar-refractivity contribution >= 4 is 5.91 Å². The molecule has 20 heavy (non-hydrogen) atoms. The van der Waals surface area contributed by atoms with Crippen LogP contribution >= 0.6 is 0 Å². The maximum absolute atomic E-state index is 12.0. The van der Waals surface area contributed by atoms with Crippen LogP contribution in [0.25, 0.3) is 0 Å². The highest BCUT2D eigenvalue weighted by Crippen LogP contribution is 2.25. The van der Waals surface area contributed by atoms with Crippen LogP contribution in [-0.4, -0.2) is 49.1 Å². The number of nitrogens with zero attached hydrogens (tertiary/aromatic N) is 1. The van der Waals surface area contributed by atoms with Crippen molar-refractivity contribution in [3.05, 3.63) is 0 Å². The van der Waals surface area contributed by atoms with E-state index in [9.17, 15) is 4.79 Å². The summed E-state index contributed by atoms with van der Waals surface area (Å²) in [5, 5.41) is 6.76. The maximum atomic E-state index is 12.0. The highest BCUT2D eigenvalue weighted by molar-refractivity contribution is 5.78. The van der Waals surface area contributed by atoms with Gasteiger partial charge in [-0.3, -0.25) is 9.69 Å². The predicted octanol–water partition coefficient (Wildman–Crippen LogP) is 1.76. The van der Waals surface area contributed by atoms with E-state index >= 15 is 0 Å². The molecule has 1 amide bonds. The fourth-order valence-corrected chi connectivity index (χ4v) is 3.60. The van der Waals surface area contributed by atoms with Gasteiger partial charge in [0.25, 0.3) is 0 Å². The van der Waals surface area contributed by atoms with Crippen LogP contribution in [0.4, 0.5) is 0 Å². The molecule has 2 N–H and O–H groups in total. The van der Waals surface area contributed by atoms with Gasteiger partial charge in [0.05, 0.1) is 6.54 Å². The highest BCUT2D eigenvalue weighted by Gasteiger charge is 2.28. The van der Waals surface area contributed by atoms with Gasteiger partial charge in [0, 0.05) is 12.1 Å². The summed E-state index contributed by atoms with van der Waals surface area (Å²) in [7, 11) is 0. The third-order valence-corrected chi connectivity index (χ3v) is 5.02. The van der Waals surface area contributed by atoms with E-state index in [0.717, 1.165) is 37.9 Å². The molecular formula is C16H31N3O. The van der Waals surface area contributed by atoms with Crippen molar-refractivity contribution in [1.82, 2.24) is 15.5 Å². The predicted molar refractivity (Wildman–Crippen MR) is 82.7 cm³/mol. The van der Waals surface area contributed by atoms with Gasteiger partial charge in [0.1, 0.15) is 0 Å². The highest BCUT2D eigenvalue weighted by atomic mass is 16.2. The van der Waals surface area contributed by atoms with Crippen molar-refractivity contribution in [2.24, 2.45) is 5.92 Å². The second-order valence-electron chi connectivity index (χ2n) is 6.40. The quantitative estimate of drug-likeness (QED) is 0.780. The van der Waals surface area contributed by atoms with Crippen molar-refractivity contribution in [3.63, 3.8) is 0 Å². The van der Waals surface area contributed by atoms with Crippen molar-refractivity contribution in [1.29, 1.82) is 0 Å². The molecule has 0 aliphatic carbocycles. The lowest BCUT2D eigenvalue weighted by Gasteiger charge is -2.34. The minimum absolute atomic E-state index is 0.205. The first kappa shape index (κ1) is 15.8. The van der Waals surface area contributed by atoms with E-state index in [2.05, 4.69) is 29.4 Å². The van der Waals surface area contributed by atoms with Gasteiger partial charge in [-0.05, 0) is 64.1 Å². The third-order valence-electron chi connectivity index (χ3n) is 5.02. The Bertz CT molecular complexity index is 290. The first-order valence-corrected chi connectivity index (χ1v) is 8.48. The van der Waals surface area contributed by atoms with Crippen molar-refractivity contribution in [2.75, 3.05) is 26.2 Å². The van der Waals surface area contributed by atoms with Crippen LogP contribution in [0.15, 0.2) is 0 Å². The van der Waals surface area contributed by atoms with E-state index in [4.69, 9.17) is 0 Å². The monoisotopic (exact) mass is 281 g/mol. The van der Waals surface area contributed by atoms with Gasteiger partial charge in [-0.1, -0.05) is 13.8 Å². The molecule has 4 nitrogen and oxygen atoms in total. The SMILES string of the molecule is CCC(CC)NC(=O)CN1CCC(C2CCCN2)CC1. The molecule has 0 aromatic carbocycles. The minimum Gasteiger partial charge on any atom is -0.352 e. The van der Waals surface area contributed by atoms with Crippen LogP contribution in [0, 0.1) is 5.92 Å². The minimum atomic E-state index is 0.205. The smallest absolute Gasteiger partial charge is 0.234 e. The Hall–Kier alpha value is -0.610. The molecular weight excluding hydrogens is 250 g/mol. The van der Waals surface area contributed by atoms with Crippen molar-refractivity contribution < 1.29 is 4.79 Å². The Morgan fingerprint density at radius 1 is 1.25 bits per heavy atom. The maximum Gasteiger partial charge on any atom is 0.234 e. The standard InChI is InChI=1S/C16H31N3O/c1-3-14(4-2)18-16(20)12-19-10-7-13(8-11-19)15-6-5-9-17-15/h13-15,17H,3-12H2,1-2H3,(H,18,20). The Morgan fingerprint density at radius 3 is 2.50 bits per heavy atom. The van der Waals surface area contributed by atoms with Gasteiger partial charge < -0.3 is 10.6 Å². The van der Waals surface area contributed by atoms with Gasteiger partial charge in [0.2, 0.25) is 5.91 Å². The first-order chi connectivity index (χ1) is 9.72. The van der Waals surface area contributed by atoms with E-state index in [-0.39, 0.29) is 5.91 Å². The second kappa shape index (κ2) is 7.99. The molecule has 2 aliphatic rings. The number of carbonyl (C=O) groups excluding carboxylic acids is 1. The zero-order chi connectivity index (χ0) is 14.4. The number of hydrogen-bond acceptors (Lipinski definition) is 3. The summed E-state index contributed by atoms with van der Waals surface area (Å²) in [4.78, 5) is 14.3. The van der Waals surface area contributed by atoms with Gasteiger partial charge in [0.15, 0.2) is 0 Å². The van der Waals surface area contributed by atoms with Crippen LogP contribution in [0.1, 0.15) is 52.4 Å². The number of likely N-dealkylation sites (tertiary alicyclic amines) is 1. The molecule has 0 aromatic heterocycles. The van der Waals surface area contributed by atoms with Crippen LogP contribution in [-0.2, 0) is 4.79 Å². The van der Waals surface area contributed by atoms with Crippen molar-refractivity contribution in [3.8, 4) is 0 Å². The summed E-state index contributed by atoms with van der Waals surface area (Å²) < 4.78 is 0. The van der Waals surface area contributed by atoms with E-state index in [1.165, 1.54) is 32.2 Å². The zero-order valence-corrected chi connectivity index (χ0v) is 13.2. The van der Waals surface area contributed by atoms with Crippen LogP contribution < -0.4 is 10.6 Å².